The summed E-state index contributed by atoms with van der Waals surface area (Å²) in [4.78, 5) is 44.7. The van der Waals surface area contributed by atoms with Gasteiger partial charge in [0.15, 0.2) is 5.16 Å². The summed E-state index contributed by atoms with van der Waals surface area (Å²) in [5.41, 5.74) is 2.69. The third-order valence-corrected chi connectivity index (χ3v) is 5.75. The number of carbonyl (C=O) groups excluding carboxylic acids is 2. The van der Waals surface area contributed by atoms with Gasteiger partial charge in [-0.25, -0.2) is 9.78 Å². The molecular formula is C24H25N3O4S. The molecule has 1 amide bonds. The fourth-order valence-corrected chi connectivity index (χ4v) is 3.93. The summed E-state index contributed by atoms with van der Waals surface area (Å²) in [6.45, 7) is 5.46. The van der Waals surface area contributed by atoms with Gasteiger partial charge in [-0.2, -0.15) is 0 Å². The molecule has 1 atom stereocenters. The molecule has 2 aromatic carbocycles. The lowest BCUT2D eigenvalue weighted by Crippen LogP contribution is -2.25. The fraction of sp³-hybridized carbons (Fsp3) is 0.250. The average molecular weight is 452 g/mol. The van der Waals surface area contributed by atoms with Gasteiger partial charge in [0.2, 0.25) is 5.91 Å². The van der Waals surface area contributed by atoms with Crippen LogP contribution in [0.25, 0.3) is 0 Å². The lowest BCUT2D eigenvalue weighted by molar-refractivity contribution is -0.115. The van der Waals surface area contributed by atoms with Crippen molar-refractivity contribution in [2.24, 2.45) is 0 Å². The van der Waals surface area contributed by atoms with Crippen molar-refractivity contribution in [2.45, 2.75) is 37.6 Å². The monoisotopic (exact) mass is 451 g/mol. The Kier molecular flexibility index (Phi) is 7.83. The van der Waals surface area contributed by atoms with Gasteiger partial charge in [0.25, 0.3) is 5.56 Å². The van der Waals surface area contributed by atoms with Crippen LogP contribution < -0.4 is 10.9 Å². The van der Waals surface area contributed by atoms with E-state index in [0.29, 0.717) is 28.5 Å². The van der Waals surface area contributed by atoms with Crippen LogP contribution in [0, 0.1) is 6.92 Å². The van der Waals surface area contributed by atoms with Gasteiger partial charge in [-0.15, -0.1) is 0 Å². The Hall–Kier alpha value is -3.39. The molecule has 3 rings (SSSR count). The first-order valence-electron chi connectivity index (χ1n) is 10.3. The lowest BCUT2D eigenvalue weighted by atomic mass is 10.1. The molecule has 0 radical (unpaired) electrons. The number of aromatic nitrogens is 2. The molecule has 1 aromatic heterocycles. The molecule has 1 unspecified atom stereocenters. The molecule has 0 spiro atoms. The highest BCUT2D eigenvalue weighted by Gasteiger charge is 2.20. The highest BCUT2D eigenvalue weighted by Crippen LogP contribution is 2.23. The normalized spacial score (nSPS) is 11.6. The number of H-pyrrole nitrogens is 1. The van der Waals surface area contributed by atoms with Crippen LogP contribution in [0.15, 0.2) is 64.5 Å². The number of carbonyl (C=O) groups is 2. The molecule has 0 aliphatic heterocycles. The predicted molar refractivity (Wildman–Crippen MR) is 125 cm³/mol. The summed E-state index contributed by atoms with van der Waals surface area (Å²) in [5, 5.41) is 2.57. The molecule has 166 valence electrons. The Morgan fingerprint density at radius 2 is 1.81 bits per heavy atom. The number of para-hydroxylation sites is 1. The third-order valence-electron chi connectivity index (χ3n) is 4.76. The van der Waals surface area contributed by atoms with E-state index in [-0.39, 0.29) is 23.6 Å². The number of rotatable bonds is 8. The summed E-state index contributed by atoms with van der Waals surface area (Å²) < 4.78 is 5.04. The van der Waals surface area contributed by atoms with Gasteiger partial charge < -0.3 is 15.0 Å². The molecule has 0 bridgehead atoms. The fourth-order valence-electron chi connectivity index (χ4n) is 3.08. The van der Waals surface area contributed by atoms with Crippen molar-refractivity contribution in [2.75, 3.05) is 11.9 Å². The number of amides is 1. The molecule has 8 heteroatoms. The predicted octanol–water partition coefficient (Wildman–Crippen LogP) is 3.97. The van der Waals surface area contributed by atoms with E-state index in [2.05, 4.69) is 15.3 Å². The zero-order valence-electron chi connectivity index (χ0n) is 18.2. The first-order chi connectivity index (χ1) is 15.4. The van der Waals surface area contributed by atoms with Crippen molar-refractivity contribution >= 4 is 29.3 Å². The maximum atomic E-state index is 12.7. The van der Waals surface area contributed by atoms with Crippen LogP contribution in [0.1, 0.15) is 41.0 Å². The Bertz CT molecular complexity index is 1160. The molecule has 3 aromatic rings. The molecule has 2 N–H and O–H groups in total. The summed E-state index contributed by atoms with van der Waals surface area (Å²) in [5.74, 6) is -0.820. The lowest BCUT2D eigenvalue weighted by Gasteiger charge is -2.14. The number of benzene rings is 2. The van der Waals surface area contributed by atoms with Crippen molar-refractivity contribution in [1.82, 2.24) is 9.97 Å². The number of thioether (sulfide) groups is 1. The summed E-state index contributed by atoms with van der Waals surface area (Å²) >= 11 is 1.14. The van der Waals surface area contributed by atoms with Crippen LogP contribution in [0.5, 0.6) is 0 Å². The van der Waals surface area contributed by atoms with Gasteiger partial charge in [-0.05, 0) is 38.5 Å². The van der Waals surface area contributed by atoms with Crippen molar-refractivity contribution < 1.29 is 14.3 Å². The van der Waals surface area contributed by atoms with Gasteiger partial charge in [0, 0.05) is 17.7 Å². The highest BCUT2D eigenvalue weighted by atomic mass is 32.2. The molecule has 0 aliphatic rings. The molecule has 0 saturated heterocycles. The Morgan fingerprint density at radius 1 is 1.12 bits per heavy atom. The quantitative estimate of drug-likeness (QED) is 0.305. The minimum absolute atomic E-state index is 0.218. The van der Waals surface area contributed by atoms with Crippen molar-refractivity contribution in [3.05, 3.63) is 87.3 Å². The summed E-state index contributed by atoms with van der Waals surface area (Å²) in [7, 11) is 0. The smallest absolute Gasteiger partial charge is 0.340 e. The summed E-state index contributed by atoms with van der Waals surface area (Å²) in [6, 6.07) is 16.4. The second-order valence-electron chi connectivity index (χ2n) is 7.11. The molecular weight excluding hydrogens is 426 g/mol. The number of ether oxygens (including phenoxy) is 1. The topological polar surface area (TPSA) is 101 Å². The number of nitrogens with zero attached hydrogens (tertiary/aromatic N) is 1. The number of nitrogens with one attached hydrogen (secondary N) is 2. The number of hydrogen-bond acceptors (Lipinski definition) is 6. The van der Waals surface area contributed by atoms with Gasteiger partial charge in [0.05, 0.1) is 23.1 Å². The minimum Gasteiger partial charge on any atom is -0.462 e. The van der Waals surface area contributed by atoms with Gasteiger partial charge in [-0.3, -0.25) is 9.59 Å². The van der Waals surface area contributed by atoms with Gasteiger partial charge in [0.1, 0.15) is 0 Å². The minimum atomic E-state index is -0.562. The van der Waals surface area contributed by atoms with E-state index in [1.54, 1.807) is 45.0 Å². The Balaban J connectivity index is 1.71. The van der Waals surface area contributed by atoms with Crippen molar-refractivity contribution in [1.29, 1.82) is 0 Å². The van der Waals surface area contributed by atoms with Crippen molar-refractivity contribution in [3.63, 3.8) is 0 Å². The maximum Gasteiger partial charge on any atom is 0.340 e. The Morgan fingerprint density at radius 3 is 2.50 bits per heavy atom. The van der Waals surface area contributed by atoms with Crippen LogP contribution in [0.3, 0.4) is 0 Å². The van der Waals surface area contributed by atoms with E-state index in [1.165, 1.54) is 0 Å². The van der Waals surface area contributed by atoms with Crippen LogP contribution in [-0.2, 0) is 16.0 Å². The van der Waals surface area contributed by atoms with Gasteiger partial charge >= 0.3 is 5.97 Å². The number of anilines is 1. The molecule has 0 aliphatic carbocycles. The molecule has 32 heavy (non-hydrogen) atoms. The van der Waals surface area contributed by atoms with Crippen molar-refractivity contribution in [3.8, 4) is 0 Å². The van der Waals surface area contributed by atoms with Crippen LogP contribution >= 0.6 is 11.8 Å². The molecule has 1 heterocycles. The second kappa shape index (κ2) is 10.8. The average Bonchev–Trinajstić information content (AvgIpc) is 2.77. The van der Waals surface area contributed by atoms with E-state index in [1.807, 2.05) is 30.3 Å². The van der Waals surface area contributed by atoms with E-state index in [9.17, 15) is 14.4 Å². The third kappa shape index (κ3) is 5.85. The standard InChI is InChI=1S/C24H25N3O4S/c1-4-31-23(30)18-12-8-9-13-20(18)26-21(28)16(3)32-24-25-15(2)19(22(29)27-24)14-17-10-6-5-7-11-17/h5-13,16H,4,14H2,1-3H3,(H,26,28)(H,25,27,29). The number of hydrogen-bond donors (Lipinski definition) is 2. The molecule has 0 fully saturated rings. The number of aryl methyl sites for hydroxylation is 1. The number of esters is 1. The van der Waals surface area contributed by atoms with E-state index in [0.717, 1.165) is 17.3 Å². The second-order valence-corrected chi connectivity index (χ2v) is 8.44. The first kappa shape index (κ1) is 23.3. The van der Waals surface area contributed by atoms with E-state index in [4.69, 9.17) is 4.74 Å². The zero-order valence-corrected chi connectivity index (χ0v) is 19.0. The maximum absolute atomic E-state index is 12.7. The molecule has 7 nitrogen and oxygen atoms in total. The Labute approximate surface area is 190 Å². The van der Waals surface area contributed by atoms with Crippen LogP contribution in [0.4, 0.5) is 5.69 Å². The molecule has 0 saturated carbocycles. The van der Waals surface area contributed by atoms with Gasteiger partial charge in [-0.1, -0.05) is 54.2 Å². The largest absolute Gasteiger partial charge is 0.462 e. The number of aromatic amines is 1. The zero-order chi connectivity index (χ0) is 23.1. The first-order valence-corrected chi connectivity index (χ1v) is 11.1. The van der Waals surface area contributed by atoms with E-state index < -0.39 is 11.2 Å². The SMILES string of the molecule is CCOC(=O)c1ccccc1NC(=O)C(C)Sc1nc(C)c(Cc2ccccc2)c(=O)[nH]1. The highest BCUT2D eigenvalue weighted by molar-refractivity contribution is 8.00. The van der Waals surface area contributed by atoms with Crippen LogP contribution in [-0.4, -0.2) is 33.7 Å². The van der Waals surface area contributed by atoms with Crippen LogP contribution in [0.2, 0.25) is 0 Å². The van der Waals surface area contributed by atoms with E-state index >= 15 is 0 Å². The summed E-state index contributed by atoms with van der Waals surface area (Å²) in [6.07, 6.45) is 0.487.